The summed E-state index contributed by atoms with van der Waals surface area (Å²) in [6, 6.07) is 0. The van der Waals surface area contributed by atoms with Gasteiger partial charge in [0.2, 0.25) is 0 Å². The van der Waals surface area contributed by atoms with E-state index in [0.29, 0.717) is 7.61 Å². The number of hydrogen-bond acceptors (Lipinski definition) is 0. The summed E-state index contributed by atoms with van der Waals surface area (Å²) in [6.45, 7) is 8.94. The molecule has 0 aromatic heterocycles. The van der Waals surface area contributed by atoms with Gasteiger partial charge in [-0.15, -0.1) is 0 Å². The Morgan fingerprint density at radius 1 is 1.27 bits per heavy atom. The summed E-state index contributed by atoms with van der Waals surface area (Å²) < 4.78 is 0. The Bertz CT molecular complexity index is 106. The highest BCUT2D eigenvalue weighted by atomic mass is 32.5. The van der Waals surface area contributed by atoms with E-state index in [-0.39, 0.29) is 0 Å². The van der Waals surface area contributed by atoms with Gasteiger partial charge in [0.05, 0.1) is 19.9 Å². The first-order valence-corrected chi connectivity index (χ1v) is 10.9. The minimum absolute atomic E-state index is 0.344. The highest BCUT2D eigenvalue weighted by molar-refractivity contribution is 8.61. The van der Waals surface area contributed by atoms with E-state index in [9.17, 15) is 0 Å². The molecule has 3 unspecified atom stereocenters. The van der Waals surface area contributed by atoms with Gasteiger partial charge in [0, 0.05) is 15.6 Å². The van der Waals surface area contributed by atoms with Gasteiger partial charge in [-0.1, -0.05) is 13.8 Å². The molecule has 0 saturated heterocycles. The first-order chi connectivity index (χ1) is 5.10. The standard InChI is InChI=1S/C8H22P3/c1-5-8-11(9,7-3)10(4)6-2/h5-9H2,1-4H3/q+1. The molecule has 0 bridgehead atoms. The normalized spacial score (nSPS) is 19.4. The molecule has 0 saturated carbocycles. The first-order valence-electron chi connectivity index (χ1n) is 4.48. The molecule has 0 spiro atoms. The molecule has 0 rings (SSSR count). The largest absolute Gasteiger partial charge is 0.0630 e. The molecule has 0 fully saturated rings. The Morgan fingerprint density at radius 3 is 2.09 bits per heavy atom. The monoisotopic (exact) mass is 211 g/mol. The van der Waals surface area contributed by atoms with E-state index < -0.39 is 6.64 Å². The average Bonchev–Trinajstić information content (AvgIpc) is 2.03. The molecule has 0 aliphatic rings. The van der Waals surface area contributed by atoms with Gasteiger partial charge in [-0.3, -0.25) is 0 Å². The van der Waals surface area contributed by atoms with Gasteiger partial charge >= 0.3 is 0 Å². The van der Waals surface area contributed by atoms with Crippen LogP contribution in [0, 0.1) is 0 Å². The zero-order valence-corrected chi connectivity index (χ0v) is 11.2. The summed E-state index contributed by atoms with van der Waals surface area (Å²) in [7, 11) is 3.56. The Morgan fingerprint density at radius 2 is 1.82 bits per heavy atom. The van der Waals surface area contributed by atoms with Crippen LogP contribution < -0.4 is 0 Å². The van der Waals surface area contributed by atoms with Gasteiger partial charge in [0.25, 0.3) is 0 Å². The second-order valence-electron chi connectivity index (χ2n) is 3.00. The van der Waals surface area contributed by atoms with Crippen LogP contribution in [0.1, 0.15) is 27.2 Å². The van der Waals surface area contributed by atoms with E-state index in [0.717, 1.165) is 0 Å². The van der Waals surface area contributed by atoms with Gasteiger partial charge < -0.3 is 0 Å². The van der Waals surface area contributed by atoms with Gasteiger partial charge in [0.15, 0.2) is 0 Å². The molecule has 11 heavy (non-hydrogen) atoms. The van der Waals surface area contributed by atoms with Crippen LogP contribution in [0.2, 0.25) is 0 Å². The summed E-state index contributed by atoms with van der Waals surface area (Å²) in [5, 5.41) is 0. The van der Waals surface area contributed by atoms with Crippen LogP contribution >= 0.6 is 23.2 Å². The molecule has 3 atom stereocenters. The molecule has 3 heteroatoms. The summed E-state index contributed by atoms with van der Waals surface area (Å²) >= 11 is 0. The highest BCUT2D eigenvalue weighted by Crippen LogP contribution is 2.87. The van der Waals surface area contributed by atoms with Crippen LogP contribution in [-0.4, -0.2) is 25.2 Å². The van der Waals surface area contributed by atoms with Gasteiger partial charge in [-0.25, -0.2) is 0 Å². The molecule has 0 aromatic carbocycles. The van der Waals surface area contributed by atoms with E-state index in [1.165, 1.54) is 24.9 Å². The van der Waals surface area contributed by atoms with Crippen molar-refractivity contribution in [1.29, 1.82) is 0 Å². The molecule has 0 radical (unpaired) electrons. The van der Waals surface area contributed by atoms with Gasteiger partial charge in [-0.05, 0) is 26.2 Å². The summed E-state index contributed by atoms with van der Waals surface area (Å²) in [6.07, 6.45) is 5.71. The van der Waals surface area contributed by atoms with Gasteiger partial charge in [-0.2, -0.15) is 0 Å². The number of rotatable bonds is 5. The maximum absolute atomic E-state index is 3.21. The molecule has 0 heterocycles. The maximum atomic E-state index is 3.21. The lowest BCUT2D eigenvalue weighted by atomic mass is 10.6. The minimum atomic E-state index is -0.560. The SMILES string of the molecule is CCC[P+](P)(CC)P(C)CC. The molecule has 0 aliphatic heterocycles. The average molecular weight is 211 g/mol. The quantitative estimate of drug-likeness (QED) is 0.595. The third kappa shape index (κ3) is 3.67. The molecule has 0 aliphatic carbocycles. The molecule has 68 valence electrons. The minimum Gasteiger partial charge on any atom is -0.0619 e. The highest BCUT2D eigenvalue weighted by Gasteiger charge is 2.34. The molecular formula is C8H22P3+. The molecule has 0 aromatic rings. The Labute approximate surface area is 76.0 Å². The van der Waals surface area contributed by atoms with Crippen LogP contribution in [0.5, 0.6) is 0 Å². The van der Waals surface area contributed by atoms with Crippen molar-refractivity contribution in [3.63, 3.8) is 0 Å². The topological polar surface area (TPSA) is 0 Å². The second kappa shape index (κ2) is 5.85. The van der Waals surface area contributed by atoms with E-state index in [2.05, 4.69) is 36.4 Å². The van der Waals surface area contributed by atoms with Crippen molar-refractivity contribution >= 4 is 23.2 Å². The lowest BCUT2D eigenvalue weighted by molar-refractivity contribution is 1.09. The zero-order chi connectivity index (χ0) is 8.91. The van der Waals surface area contributed by atoms with Crippen molar-refractivity contribution < 1.29 is 0 Å². The predicted molar refractivity (Wildman–Crippen MR) is 65.7 cm³/mol. The summed E-state index contributed by atoms with van der Waals surface area (Å²) in [4.78, 5) is 0. The lowest BCUT2D eigenvalue weighted by Gasteiger charge is -2.26. The van der Waals surface area contributed by atoms with Crippen LogP contribution in [0.25, 0.3) is 0 Å². The number of hydrogen-bond donors (Lipinski definition) is 0. The second-order valence-corrected chi connectivity index (χ2v) is 16.7. The lowest BCUT2D eigenvalue weighted by Crippen LogP contribution is -1.93. The Balaban J connectivity index is 4.07. The van der Waals surface area contributed by atoms with Crippen molar-refractivity contribution in [1.82, 2.24) is 0 Å². The van der Waals surface area contributed by atoms with Crippen molar-refractivity contribution in [2.75, 3.05) is 25.2 Å². The van der Waals surface area contributed by atoms with E-state index in [1.54, 1.807) is 0 Å². The fourth-order valence-corrected chi connectivity index (χ4v) is 10.7. The zero-order valence-electron chi connectivity index (χ0n) is 8.30. The molecular weight excluding hydrogens is 189 g/mol. The van der Waals surface area contributed by atoms with E-state index >= 15 is 0 Å². The van der Waals surface area contributed by atoms with Crippen molar-refractivity contribution in [2.45, 2.75) is 27.2 Å². The van der Waals surface area contributed by atoms with E-state index in [1.807, 2.05) is 0 Å². The molecule has 0 nitrogen and oxygen atoms in total. The Kier molecular flexibility index (Phi) is 6.54. The van der Waals surface area contributed by atoms with Crippen molar-refractivity contribution in [3.8, 4) is 0 Å². The molecule has 0 N–H and O–H groups in total. The van der Waals surface area contributed by atoms with Crippen LogP contribution in [0.4, 0.5) is 0 Å². The van der Waals surface area contributed by atoms with Crippen LogP contribution in [0.3, 0.4) is 0 Å². The van der Waals surface area contributed by atoms with Crippen molar-refractivity contribution in [3.05, 3.63) is 0 Å². The van der Waals surface area contributed by atoms with Crippen molar-refractivity contribution in [2.24, 2.45) is 0 Å². The summed E-state index contributed by atoms with van der Waals surface area (Å²) in [5.41, 5.74) is 0. The predicted octanol–water partition coefficient (Wildman–Crippen LogP) is 4.27. The third-order valence-electron chi connectivity index (χ3n) is 2.30. The van der Waals surface area contributed by atoms with E-state index in [4.69, 9.17) is 0 Å². The fourth-order valence-electron chi connectivity index (χ4n) is 1.24. The first kappa shape index (κ1) is 12.3. The maximum Gasteiger partial charge on any atom is 0.0630 e. The molecule has 0 amide bonds. The fraction of sp³-hybridized carbons (Fsp3) is 1.00. The van der Waals surface area contributed by atoms with Crippen LogP contribution in [-0.2, 0) is 0 Å². The van der Waals surface area contributed by atoms with Gasteiger partial charge in [0.1, 0.15) is 0 Å². The summed E-state index contributed by atoms with van der Waals surface area (Å²) in [5.74, 6) is 0. The van der Waals surface area contributed by atoms with Crippen LogP contribution in [0.15, 0.2) is 0 Å². The third-order valence-corrected chi connectivity index (χ3v) is 18.7. The Hall–Kier alpha value is 1.29. The smallest absolute Gasteiger partial charge is 0.0619 e.